The molecule has 0 saturated carbocycles. The van der Waals surface area contributed by atoms with Crippen molar-refractivity contribution >= 4 is 17.7 Å². The smallest absolute Gasteiger partial charge is 0.276 e. The molecule has 1 N–H and O–H groups in total. The van der Waals surface area contributed by atoms with Gasteiger partial charge in [0.1, 0.15) is 11.6 Å². The van der Waals surface area contributed by atoms with E-state index in [4.69, 9.17) is 5.26 Å². The summed E-state index contributed by atoms with van der Waals surface area (Å²) in [6, 6.07) is 7.57. The molecule has 98 valence electrons. The lowest BCUT2D eigenvalue weighted by Gasteiger charge is -2.06. The van der Waals surface area contributed by atoms with Crippen LogP contribution in [0.4, 0.5) is 5.69 Å². The van der Waals surface area contributed by atoms with Crippen molar-refractivity contribution < 1.29 is 9.72 Å². The van der Waals surface area contributed by atoms with Gasteiger partial charge in [0.2, 0.25) is 0 Å². The van der Waals surface area contributed by atoms with E-state index in [9.17, 15) is 14.9 Å². The molecule has 6 heteroatoms. The maximum Gasteiger partial charge on any atom is 0.276 e. The summed E-state index contributed by atoms with van der Waals surface area (Å²) in [6.07, 6.45) is 1.22. The second-order valence-corrected chi connectivity index (χ2v) is 4.11. The van der Waals surface area contributed by atoms with Crippen LogP contribution in [0.2, 0.25) is 0 Å². The number of amides is 1. The van der Waals surface area contributed by atoms with Gasteiger partial charge in [-0.2, -0.15) is 5.26 Å². The number of nitrogens with zero attached hydrogens (tertiary/aromatic N) is 2. The third-order valence-electron chi connectivity index (χ3n) is 2.22. The van der Waals surface area contributed by atoms with Crippen molar-refractivity contribution in [3.63, 3.8) is 0 Å². The first-order valence-corrected chi connectivity index (χ1v) is 5.61. The fourth-order valence-electron chi connectivity index (χ4n) is 1.42. The number of hydrogen-bond acceptors (Lipinski definition) is 4. The Hall–Kier alpha value is -2.68. The predicted molar refractivity (Wildman–Crippen MR) is 70.0 cm³/mol. The summed E-state index contributed by atoms with van der Waals surface area (Å²) in [7, 11) is 0. The minimum Gasteiger partial charge on any atom is -0.349 e. The monoisotopic (exact) mass is 259 g/mol. The van der Waals surface area contributed by atoms with E-state index in [-0.39, 0.29) is 22.9 Å². The van der Waals surface area contributed by atoms with Crippen molar-refractivity contribution in [1.82, 2.24) is 5.32 Å². The first kappa shape index (κ1) is 14.4. The highest BCUT2D eigenvalue weighted by atomic mass is 16.6. The number of para-hydroxylation sites is 1. The van der Waals surface area contributed by atoms with E-state index >= 15 is 0 Å². The molecule has 0 aromatic heterocycles. The number of nitrogens with one attached hydrogen (secondary N) is 1. The highest BCUT2D eigenvalue weighted by molar-refractivity contribution is 6.02. The van der Waals surface area contributed by atoms with Gasteiger partial charge in [-0.1, -0.05) is 12.1 Å². The number of rotatable bonds is 4. The van der Waals surface area contributed by atoms with Crippen molar-refractivity contribution in [2.24, 2.45) is 0 Å². The molecule has 0 radical (unpaired) electrons. The van der Waals surface area contributed by atoms with E-state index in [1.54, 1.807) is 26.0 Å². The van der Waals surface area contributed by atoms with Gasteiger partial charge in [0.25, 0.3) is 11.6 Å². The fraction of sp³-hybridized carbons (Fsp3) is 0.231. The van der Waals surface area contributed by atoms with Crippen LogP contribution in [-0.2, 0) is 4.79 Å². The zero-order chi connectivity index (χ0) is 14.4. The Labute approximate surface area is 110 Å². The molecule has 1 rings (SSSR count). The van der Waals surface area contributed by atoms with Gasteiger partial charge in [0, 0.05) is 12.1 Å². The van der Waals surface area contributed by atoms with Crippen LogP contribution in [0.5, 0.6) is 0 Å². The van der Waals surface area contributed by atoms with Crippen LogP contribution in [0.25, 0.3) is 6.08 Å². The van der Waals surface area contributed by atoms with Crippen molar-refractivity contribution in [1.29, 1.82) is 5.26 Å². The second-order valence-electron chi connectivity index (χ2n) is 4.11. The molecule has 0 unspecified atom stereocenters. The van der Waals surface area contributed by atoms with Gasteiger partial charge in [-0.25, -0.2) is 0 Å². The molecule has 0 aliphatic heterocycles. The largest absolute Gasteiger partial charge is 0.349 e. The number of carbonyl (C=O) groups is 1. The molecule has 19 heavy (non-hydrogen) atoms. The normalized spacial score (nSPS) is 10.9. The Kier molecular flexibility index (Phi) is 4.77. The van der Waals surface area contributed by atoms with E-state index in [0.29, 0.717) is 0 Å². The Morgan fingerprint density at radius 3 is 2.63 bits per heavy atom. The van der Waals surface area contributed by atoms with Crippen LogP contribution < -0.4 is 5.32 Å². The molecule has 0 bridgehead atoms. The average molecular weight is 259 g/mol. The minimum absolute atomic E-state index is 0.116. The summed E-state index contributed by atoms with van der Waals surface area (Å²) in [4.78, 5) is 22.0. The lowest BCUT2D eigenvalue weighted by atomic mass is 10.1. The molecule has 1 aromatic carbocycles. The predicted octanol–water partition coefficient (Wildman–Crippen LogP) is 2.03. The van der Waals surface area contributed by atoms with Crippen molar-refractivity contribution in [3.8, 4) is 6.07 Å². The van der Waals surface area contributed by atoms with Gasteiger partial charge in [-0.3, -0.25) is 14.9 Å². The average Bonchev–Trinajstić information content (AvgIpc) is 2.35. The molecule has 6 nitrogen and oxygen atoms in total. The zero-order valence-corrected chi connectivity index (χ0v) is 10.6. The first-order chi connectivity index (χ1) is 8.95. The Morgan fingerprint density at radius 2 is 2.11 bits per heavy atom. The van der Waals surface area contributed by atoms with Gasteiger partial charge in [-0.15, -0.1) is 0 Å². The van der Waals surface area contributed by atoms with Gasteiger partial charge < -0.3 is 5.32 Å². The number of benzene rings is 1. The van der Waals surface area contributed by atoms with Crippen molar-refractivity contribution in [2.45, 2.75) is 19.9 Å². The maximum absolute atomic E-state index is 11.7. The van der Waals surface area contributed by atoms with E-state index in [1.807, 2.05) is 0 Å². The molecule has 1 aromatic rings. The minimum atomic E-state index is -0.554. The van der Waals surface area contributed by atoms with Crippen LogP contribution in [0.1, 0.15) is 19.4 Å². The summed E-state index contributed by atoms with van der Waals surface area (Å²) in [5.74, 6) is -0.546. The maximum atomic E-state index is 11.7. The van der Waals surface area contributed by atoms with E-state index in [1.165, 1.54) is 24.3 Å². The lowest BCUT2D eigenvalue weighted by Crippen LogP contribution is -2.30. The molecule has 0 spiro atoms. The number of hydrogen-bond donors (Lipinski definition) is 1. The summed E-state index contributed by atoms with van der Waals surface area (Å²) >= 11 is 0. The number of nitro benzene ring substituents is 1. The molecule has 0 aliphatic rings. The highest BCUT2D eigenvalue weighted by Crippen LogP contribution is 2.20. The summed E-state index contributed by atoms with van der Waals surface area (Å²) < 4.78 is 0. The molecule has 0 fully saturated rings. The van der Waals surface area contributed by atoms with E-state index in [2.05, 4.69) is 5.32 Å². The molecule has 0 saturated heterocycles. The zero-order valence-electron chi connectivity index (χ0n) is 10.6. The van der Waals surface area contributed by atoms with Gasteiger partial charge in [0.05, 0.1) is 10.5 Å². The molecule has 0 heterocycles. The highest BCUT2D eigenvalue weighted by Gasteiger charge is 2.15. The van der Waals surface area contributed by atoms with Crippen molar-refractivity contribution in [3.05, 3.63) is 45.5 Å². The quantitative estimate of drug-likeness (QED) is 0.387. The Bertz CT molecular complexity index is 571. The third-order valence-corrected chi connectivity index (χ3v) is 2.22. The lowest BCUT2D eigenvalue weighted by molar-refractivity contribution is -0.385. The fourth-order valence-corrected chi connectivity index (χ4v) is 1.42. The first-order valence-electron chi connectivity index (χ1n) is 5.61. The topological polar surface area (TPSA) is 96.0 Å². The molecular weight excluding hydrogens is 246 g/mol. The van der Waals surface area contributed by atoms with Crippen molar-refractivity contribution in [2.75, 3.05) is 0 Å². The number of carbonyl (C=O) groups excluding carboxylic acids is 1. The standard InChI is InChI=1S/C13H13N3O3/c1-9(2)15-13(17)11(8-14)7-10-5-3-4-6-12(10)16(18)19/h3-7,9H,1-2H3,(H,15,17)/b11-7-. The third kappa shape index (κ3) is 3.92. The van der Waals surface area contributed by atoms with Gasteiger partial charge in [0.15, 0.2) is 0 Å². The van der Waals surface area contributed by atoms with Crippen LogP contribution in [0.15, 0.2) is 29.8 Å². The van der Waals surface area contributed by atoms with Crippen LogP contribution in [-0.4, -0.2) is 16.9 Å². The van der Waals surface area contributed by atoms with Gasteiger partial charge >= 0.3 is 0 Å². The Morgan fingerprint density at radius 1 is 1.47 bits per heavy atom. The van der Waals surface area contributed by atoms with E-state index < -0.39 is 10.8 Å². The van der Waals surface area contributed by atoms with Crippen LogP contribution in [0.3, 0.4) is 0 Å². The van der Waals surface area contributed by atoms with Crippen LogP contribution in [0, 0.1) is 21.4 Å². The van der Waals surface area contributed by atoms with Crippen LogP contribution >= 0.6 is 0 Å². The Balaban J connectivity index is 3.16. The molecule has 0 aliphatic carbocycles. The number of nitriles is 1. The van der Waals surface area contributed by atoms with E-state index in [0.717, 1.165) is 0 Å². The second kappa shape index (κ2) is 6.31. The van der Waals surface area contributed by atoms with Gasteiger partial charge in [-0.05, 0) is 26.0 Å². The number of nitro groups is 1. The SMILES string of the molecule is CC(C)NC(=O)/C(C#N)=C\c1ccccc1[N+](=O)[O-]. The summed E-state index contributed by atoms with van der Waals surface area (Å²) in [5.41, 5.74) is -0.0847. The molecular formula is C13H13N3O3. The summed E-state index contributed by atoms with van der Waals surface area (Å²) in [5, 5.41) is 22.3. The molecule has 0 atom stereocenters. The summed E-state index contributed by atoms with van der Waals surface area (Å²) in [6.45, 7) is 3.52. The molecule has 1 amide bonds.